The molecule has 4 nitrogen and oxygen atoms in total. The number of unbranched alkanes of at least 4 members (excludes halogenated alkanes) is 3. The van der Waals surface area contributed by atoms with Crippen LogP contribution in [0, 0.1) is 5.92 Å². The molecule has 0 heterocycles. The Morgan fingerprint density at radius 1 is 1.15 bits per heavy atom. The number of carbonyl (C=O) groups excluding carboxylic acids is 2. The molecule has 0 bridgehead atoms. The van der Waals surface area contributed by atoms with Crippen LogP contribution in [0.15, 0.2) is 0 Å². The summed E-state index contributed by atoms with van der Waals surface area (Å²) in [6.45, 7) is 4.31. The summed E-state index contributed by atoms with van der Waals surface area (Å²) in [6, 6.07) is -0.532. The van der Waals surface area contributed by atoms with E-state index in [9.17, 15) is 9.59 Å². The Balaban J connectivity index is 2.18. The van der Waals surface area contributed by atoms with Crippen LogP contribution >= 0.6 is 0 Å². The molecule has 1 aliphatic carbocycles. The summed E-state index contributed by atoms with van der Waals surface area (Å²) in [5.74, 6) is -0.214. The Bertz CT molecular complexity index is 298. The molecule has 1 aliphatic rings. The molecule has 4 heteroatoms. The van der Waals surface area contributed by atoms with Gasteiger partial charge in [0.25, 0.3) is 0 Å². The first kappa shape index (κ1) is 17.0. The van der Waals surface area contributed by atoms with Crippen molar-refractivity contribution in [2.45, 2.75) is 77.7 Å². The Morgan fingerprint density at radius 2 is 1.85 bits per heavy atom. The van der Waals surface area contributed by atoms with Gasteiger partial charge in [0, 0.05) is 5.92 Å². The summed E-state index contributed by atoms with van der Waals surface area (Å²) in [6.07, 6.45) is 9.69. The first-order valence-electron chi connectivity index (χ1n) is 8.12. The highest BCUT2D eigenvalue weighted by atomic mass is 16.5. The van der Waals surface area contributed by atoms with Crippen LogP contribution in [0.5, 0.6) is 0 Å². The summed E-state index contributed by atoms with van der Waals surface area (Å²) in [7, 11) is 0. The van der Waals surface area contributed by atoms with E-state index >= 15 is 0 Å². The highest BCUT2D eigenvalue weighted by molar-refractivity contribution is 5.85. The van der Waals surface area contributed by atoms with E-state index in [2.05, 4.69) is 12.2 Å². The molecule has 1 amide bonds. The monoisotopic (exact) mass is 283 g/mol. The van der Waals surface area contributed by atoms with Crippen molar-refractivity contribution in [3.63, 3.8) is 0 Å². The van der Waals surface area contributed by atoms with Crippen LogP contribution in [0.1, 0.15) is 71.6 Å². The first-order chi connectivity index (χ1) is 9.65. The minimum Gasteiger partial charge on any atom is -0.464 e. The molecule has 1 atom stereocenters. The van der Waals surface area contributed by atoms with Crippen LogP contribution in [-0.4, -0.2) is 24.5 Å². The van der Waals surface area contributed by atoms with Crippen LogP contribution in [-0.2, 0) is 14.3 Å². The summed E-state index contributed by atoms with van der Waals surface area (Å²) in [4.78, 5) is 23.8. The van der Waals surface area contributed by atoms with Crippen molar-refractivity contribution in [2.24, 2.45) is 5.92 Å². The minimum atomic E-state index is -0.532. The zero-order valence-corrected chi connectivity index (χ0v) is 13.0. The SMILES string of the molecule is CCCCCCOC(=O)C(C)NC(=O)C1CCCCC1. The number of hydrogen-bond acceptors (Lipinski definition) is 3. The summed E-state index contributed by atoms with van der Waals surface area (Å²) in [5, 5.41) is 2.79. The lowest BCUT2D eigenvalue weighted by Gasteiger charge is -2.22. The van der Waals surface area contributed by atoms with E-state index in [-0.39, 0.29) is 17.8 Å². The zero-order valence-electron chi connectivity index (χ0n) is 13.0. The van der Waals surface area contributed by atoms with E-state index in [0.29, 0.717) is 6.61 Å². The third-order valence-electron chi connectivity index (χ3n) is 3.93. The molecule has 1 saturated carbocycles. The zero-order chi connectivity index (χ0) is 14.8. The van der Waals surface area contributed by atoms with E-state index < -0.39 is 6.04 Å². The van der Waals surface area contributed by atoms with Gasteiger partial charge in [-0.1, -0.05) is 45.4 Å². The van der Waals surface area contributed by atoms with Crippen molar-refractivity contribution in [3.05, 3.63) is 0 Å². The lowest BCUT2D eigenvalue weighted by Crippen LogP contribution is -2.43. The molecular weight excluding hydrogens is 254 g/mol. The first-order valence-corrected chi connectivity index (χ1v) is 8.12. The number of hydrogen-bond donors (Lipinski definition) is 1. The number of rotatable bonds is 8. The van der Waals surface area contributed by atoms with Gasteiger partial charge in [-0.2, -0.15) is 0 Å². The van der Waals surface area contributed by atoms with Crippen LogP contribution in [0.3, 0.4) is 0 Å². The van der Waals surface area contributed by atoms with Gasteiger partial charge in [-0.05, 0) is 26.2 Å². The molecule has 0 aromatic carbocycles. The predicted molar refractivity (Wildman–Crippen MR) is 79.3 cm³/mol. The van der Waals surface area contributed by atoms with Gasteiger partial charge in [-0.15, -0.1) is 0 Å². The quantitative estimate of drug-likeness (QED) is 0.550. The predicted octanol–water partition coefficient (Wildman–Crippen LogP) is 3.19. The molecule has 0 aliphatic heterocycles. The fourth-order valence-corrected chi connectivity index (χ4v) is 2.58. The standard InChI is InChI=1S/C16H29NO3/c1-3-4-5-9-12-20-16(19)13(2)17-15(18)14-10-7-6-8-11-14/h13-14H,3-12H2,1-2H3,(H,17,18). The van der Waals surface area contributed by atoms with Crippen molar-refractivity contribution >= 4 is 11.9 Å². The Morgan fingerprint density at radius 3 is 2.50 bits per heavy atom. The number of esters is 1. The van der Waals surface area contributed by atoms with Crippen LogP contribution in [0.25, 0.3) is 0 Å². The number of ether oxygens (including phenoxy) is 1. The highest BCUT2D eigenvalue weighted by Gasteiger charge is 2.24. The van der Waals surface area contributed by atoms with Crippen molar-refractivity contribution < 1.29 is 14.3 Å². The summed E-state index contributed by atoms with van der Waals surface area (Å²) >= 11 is 0. The van der Waals surface area contributed by atoms with E-state index in [4.69, 9.17) is 4.74 Å². The molecule has 1 rings (SSSR count). The maximum atomic E-state index is 12.0. The van der Waals surface area contributed by atoms with Crippen molar-refractivity contribution in [3.8, 4) is 0 Å². The average Bonchev–Trinajstić information content (AvgIpc) is 2.47. The number of carbonyl (C=O) groups is 2. The van der Waals surface area contributed by atoms with Gasteiger partial charge in [-0.25, -0.2) is 4.79 Å². The normalized spacial score (nSPS) is 17.5. The van der Waals surface area contributed by atoms with Crippen LogP contribution in [0.4, 0.5) is 0 Å². The number of amides is 1. The van der Waals surface area contributed by atoms with E-state index in [1.807, 2.05) is 0 Å². The molecular formula is C16H29NO3. The second kappa shape index (κ2) is 9.78. The topological polar surface area (TPSA) is 55.4 Å². The van der Waals surface area contributed by atoms with Crippen molar-refractivity contribution in [1.82, 2.24) is 5.32 Å². The second-order valence-electron chi connectivity index (χ2n) is 5.79. The van der Waals surface area contributed by atoms with Crippen LogP contribution < -0.4 is 5.32 Å². The van der Waals surface area contributed by atoms with Gasteiger partial charge < -0.3 is 10.1 Å². The molecule has 0 aromatic heterocycles. The van der Waals surface area contributed by atoms with Gasteiger partial charge in [0.05, 0.1) is 6.61 Å². The van der Waals surface area contributed by atoms with Gasteiger partial charge in [0.1, 0.15) is 6.04 Å². The molecule has 0 spiro atoms. The molecule has 0 radical (unpaired) electrons. The van der Waals surface area contributed by atoms with E-state index in [0.717, 1.165) is 38.5 Å². The third kappa shape index (κ3) is 6.40. The lowest BCUT2D eigenvalue weighted by molar-refractivity contribution is -0.148. The fraction of sp³-hybridized carbons (Fsp3) is 0.875. The number of nitrogens with one attached hydrogen (secondary N) is 1. The van der Waals surface area contributed by atoms with E-state index in [1.54, 1.807) is 6.92 Å². The van der Waals surface area contributed by atoms with Gasteiger partial charge in [0.15, 0.2) is 0 Å². The van der Waals surface area contributed by atoms with Gasteiger partial charge in [0.2, 0.25) is 5.91 Å². The van der Waals surface area contributed by atoms with Gasteiger partial charge >= 0.3 is 5.97 Å². The van der Waals surface area contributed by atoms with Crippen molar-refractivity contribution in [1.29, 1.82) is 0 Å². The Labute approximate surface area is 122 Å². The minimum absolute atomic E-state index is 0.0140. The molecule has 1 unspecified atom stereocenters. The van der Waals surface area contributed by atoms with Gasteiger partial charge in [-0.3, -0.25) is 4.79 Å². The maximum absolute atomic E-state index is 12.0. The third-order valence-corrected chi connectivity index (χ3v) is 3.93. The fourth-order valence-electron chi connectivity index (χ4n) is 2.58. The average molecular weight is 283 g/mol. The molecule has 1 fully saturated rings. The van der Waals surface area contributed by atoms with E-state index in [1.165, 1.54) is 19.3 Å². The summed E-state index contributed by atoms with van der Waals surface area (Å²) in [5.41, 5.74) is 0. The van der Waals surface area contributed by atoms with Crippen LogP contribution in [0.2, 0.25) is 0 Å². The maximum Gasteiger partial charge on any atom is 0.328 e. The Hall–Kier alpha value is -1.06. The molecule has 1 N–H and O–H groups in total. The lowest BCUT2D eigenvalue weighted by atomic mass is 9.88. The largest absolute Gasteiger partial charge is 0.464 e. The molecule has 0 aromatic rings. The molecule has 116 valence electrons. The highest BCUT2D eigenvalue weighted by Crippen LogP contribution is 2.23. The second-order valence-corrected chi connectivity index (χ2v) is 5.79. The Kier molecular flexibility index (Phi) is 8.31. The molecule has 0 saturated heterocycles. The summed E-state index contributed by atoms with van der Waals surface area (Å²) < 4.78 is 5.18. The smallest absolute Gasteiger partial charge is 0.328 e. The van der Waals surface area contributed by atoms with Crippen molar-refractivity contribution in [2.75, 3.05) is 6.61 Å². The molecule has 20 heavy (non-hydrogen) atoms.